The van der Waals surface area contributed by atoms with Crippen molar-refractivity contribution >= 4 is 23.4 Å². The molecule has 4 heteroatoms. The molecule has 1 aliphatic rings. The number of carbonyl (C=O) groups excluding carboxylic acids is 2. The Morgan fingerprint density at radius 2 is 2.35 bits per heavy atom. The van der Waals surface area contributed by atoms with E-state index in [2.05, 4.69) is 11.9 Å². The third-order valence-corrected chi connectivity index (χ3v) is 4.39. The van der Waals surface area contributed by atoms with Gasteiger partial charge in [0, 0.05) is 10.8 Å². The first kappa shape index (κ1) is 12.4. The maximum atomic E-state index is 12.3. The summed E-state index contributed by atoms with van der Waals surface area (Å²) in [5.41, 5.74) is 2.36. The van der Waals surface area contributed by atoms with Gasteiger partial charge in [0.1, 0.15) is 12.2 Å². The van der Waals surface area contributed by atoms with Gasteiger partial charge in [0.05, 0.1) is 11.2 Å². The number of Topliss-reactive ketones (excluding diaryl/α,β-unsaturated/α-hetero) is 1. The van der Waals surface area contributed by atoms with E-state index in [0.717, 1.165) is 30.4 Å². The maximum Gasteiger partial charge on any atom is 0.152 e. The normalized spacial score (nSPS) is 25.8. The summed E-state index contributed by atoms with van der Waals surface area (Å²) < 4.78 is 0. The first-order valence-corrected chi connectivity index (χ1v) is 6.90. The molecular formula is C13H17NO2S. The Balaban J connectivity index is 2.17. The van der Waals surface area contributed by atoms with E-state index in [1.165, 1.54) is 11.3 Å². The molecule has 1 aromatic rings. The maximum absolute atomic E-state index is 12.3. The molecule has 2 rings (SSSR count). The fourth-order valence-electron chi connectivity index (χ4n) is 2.60. The zero-order valence-corrected chi connectivity index (χ0v) is 11.0. The molecule has 0 bridgehead atoms. The lowest BCUT2D eigenvalue weighted by atomic mass is 9.89. The monoisotopic (exact) mass is 251 g/mol. The van der Waals surface area contributed by atoms with Crippen molar-refractivity contribution < 1.29 is 9.59 Å². The topological polar surface area (TPSA) is 47.0 Å². The number of aryl methyl sites for hydroxylation is 1. The van der Waals surface area contributed by atoms with Gasteiger partial charge in [-0.15, -0.1) is 11.3 Å². The van der Waals surface area contributed by atoms with E-state index in [9.17, 15) is 9.59 Å². The van der Waals surface area contributed by atoms with E-state index in [1.54, 1.807) is 5.51 Å². The number of rotatable bonds is 4. The lowest BCUT2D eigenvalue weighted by Gasteiger charge is -2.13. The van der Waals surface area contributed by atoms with Crippen LogP contribution in [-0.2, 0) is 9.59 Å². The van der Waals surface area contributed by atoms with Crippen LogP contribution in [0.5, 0.6) is 0 Å². The average molecular weight is 251 g/mol. The number of hydrogen-bond donors (Lipinski definition) is 0. The molecule has 0 spiro atoms. The second kappa shape index (κ2) is 5.08. The molecule has 1 aromatic heterocycles. The number of carbonyl (C=O) groups is 2. The highest BCUT2D eigenvalue weighted by atomic mass is 32.1. The van der Waals surface area contributed by atoms with Crippen molar-refractivity contribution in [3.05, 3.63) is 16.1 Å². The second-order valence-corrected chi connectivity index (χ2v) is 5.98. The smallest absolute Gasteiger partial charge is 0.152 e. The fraction of sp³-hybridized carbons (Fsp3) is 0.615. The summed E-state index contributed by atoms with van der Waals surface area (Å²) in [6, 6.07) is 0. The zero-order valence-electron chi connectivity index (χ0n) is 10.2. The van der Waals surface area contributed by atoms with Crippen LogP contribution in [0.1, 0.15) is 42.7 Å². The minimum Gasteiger partial charge on any atom is -0.302 e. The van der Waals surface area contributed by atoms with Gasteiger partial charge in [0.2, 0.25) is 0 Å². The van der Waals surface area contributed by atoms with Crippen molar-refractivity contribution in [2.24, 2.45) is 11.8 Å². The lowest BCUT2D eigenvalue weighted by Crippen LogP contribution is -2.22. The van der Waals surface area contributed by atoms with Crippen LogP contribution in [0, 0.1) is 18.8 Å². The molecule has 3 nitrogen and oxygen atoms in total. The number of ketones is 1. The summed E-state index contributed by atoms with van der Waals surface area (Å²) in [7, 11) is 0. The van der Waals surface area contributed by atoms with Gasteiger partial charge < -0.3 is 4.79 Å². The predicted molar refractivity (Wildman–Crippen MR) is 67.2 cm³/mol. The van der Waals surface area contributed by atoms with Crippen LogP contribution in [0.15, 0.2) is 5.51 Å². The first-order valence-electron chi connectivity index (χ1n) is 6.02. The Labute approximate surface area is 105 Å². The van der Waals surface area contributed by atoms with Crippen LogP contribution in [-0.4, -0.2) is 17.1 Å². The summed E-state index contributed by atoms with van der Waals surface area (Å²) in [5, 5.41) is 0. The Morgan fingerprint density at radius 3 is 2.82 bits per heavy atom. The van der Waals surface area contributed by atoms with E-state index in [0.29, 0.717) is 11.6 Å². The quantitative estimate of drug-likeness (QED) is 0.610. The summed E-state index contributed by atoms with van der Waals surface area (Å²) in [6.07, 6.45) is 3.70. The van der Waals surface area contributed by atoms with Crippen LogP contribution in [0.2, 0.25) is 0 Å². The zero-order chi connectivity index (χ0) is 12.4. The van der Waals surface area contributed by atoms with Crippen molar-refractivity contribution in [1.82, 2.24) is 4.98 Å². The Bertz CT molecular complexity index is 427. The molecule has 0 radical (unpaired) electrons. The summed E-state index contributed by atoms with van der Waals surface area (Å²) in [5.74, 6) is 0.0870. The fourth-order valence-corrected chi connectivity index (χ4v) is 3.22. The van der Waals surface area contributed by atoms with Crippen molar-refractivity contribution in [1.29, 1.82) is 0 Å². The predicted octanol–water partition coefficient (Wildman–Crippen LogP) is 2.74. The van der Waals surface area contributed by atoms with Crippen molar-refractivity contribution in [3.63, 3.8) is 0 Å². The third-order valence-electron chi connectivity index (χ3n) is 3.62. The minimum atomic E-state index is -0.642. The molecule has 0 amide bonds. The van der Waals surface area contributed by atoms with Gasteiger partial charge in [-0.1, -0.05) is 6.92 Å². The van der Waals surface area contributed by atoms with Crippen LogP contribution in [0.3, 0.4) is 0 Å². The third kappa shape index (κ3) is 2.46. The van der Waals surface area contributed by atoms with Crippen molar-refractivity contribution in [3.8, 4) is 0 Å². The number of thiazole rings is 1. The van der Waals surface area contributed by atoms with Crippen LogP contribution in [0.25, 0.3) is 0 Å². The number of nitrogens with zero attached hydrogens (tertiary/aromatic N) is 1. The number of aromatic nitrogens is 1. The molecule has 1 heterocycles. The van der Waals surface area contributed by atoms with Gasteiger partial charge in [-0.25, -0.2) is 4.98 Å². The Hall–Kier alpha value is -1.03. The Kier molecular flexibility index (Phi) is 3.72. The molecule has 17 heavy (non-hydrogen) atoms. The van der Waals surface area contributed by atoms with E-state index < -0.39 is 5.92 Å². The summed E-state index contributed by atoms with van der Waals surface area (Å²) in [6.45, 7) is 4.07. The van der Waals surface area contributed by atoms with Gasteiger partial charge in [0.25, 0.3) is 0 Å². The van der Waals surface area contributed by atoms with Gasteiger partial charge in [-0.2, -0.15) is 0 Å². The van der Waals surface area contributed by atoms with Gasteiger partial charge in [-0.3, -0.25) is 4.79 Å². The molecule has 92 valence electrons. The standard InChI is InChI=1S/C13H17NO2S/c1-8-3-4-10(5-8)13(16)11(6-15)12-9(2)17-7-14-12/h6-8,10-11H,3-5H2,1-2H3/t8-,10-,11?/m1/s1. The van der Waals surface area contributed by atoms with E-state index in [4.69, 9.17) is 0 Å². The van der Waals surface area contributed by atoms with Gasteiger partial charge >= 0.3 is 0 Å². The molecule has 0 aliphatic heterocycles. The molecule has 3 atom stereocenters. The SMILES string of the molecule is Cc1scnc1C(C=O)C(=O)[C@@H]1CC[C@@H](C)C1. The van der Waals surface area contributed by atoms with E-state index >= 15 is 0 Å². The van der Waals surface area contributed by atoms with Gasteiger partial charge in [0.15, 0.2) is 5.78 Å². The number of hydrogen-bond acceptors (Lipinski definition) is 4. The highest BCUT2D eigenvalue weighted by molar-refractivity contribution is 7.09. The summed E-state index contributed by atoms with van der Waals surface area (Å²) >= 11 is 1.49. The molecule has 1 fully saturated rings. The van der Waals surface area contributed by atoms with Gasteiger partial charge in [-0.05, 0) is 32.1 Å². The van der Waals surface area contributed by atoms with Crippen molar-refractivity contribution in [2.45, 2.75) is 39.0 Å². The molecule has 0 aromatic carbocycles. The van der Waals surface area contributed by atoms with Crippen LogP contribution >= 0.6 is 11.3 Å². The molecule has 1 saturated carbocycles. The van der Waals surface area contributed by atoms with E-state index in [1.807, 2.05) is 6.92 Å². The van der Waals surface area contributed by atoms with E-state index in [-0.39, 0.29) is 11.7 Å². The molecule has 1 unspecified atom stereocenters. The largest absolute Gasteiger partial charge is 0.302 e. The molecule has 1 aliphatic carbocycles. The average Bonchev–Trinajstić information content (AvgIpc) is 2.90. The van der Waals surface area contributed by atoms with Crippen molar-refractivity contribution in [2.75, 3.05) is 0 Å². The second-order valence-electron chi connectivity index (χ2n) is 4.93. The minimum absolute atomic E-state index is 0.0568. The highest BCUT2D eigenvalue weighted by Crippen LogP contribution is 2.35. The highest BCUT2D eigenvalue weighted by Gasteiger charge is 2.34. The first-order chi connectivity index (χ1) is 8.13. The molecule has 0 saturated heterocycles. The Morgan fingerprint density at radius 1 is 1.59 bits per heavy atom. The van der Waals surface area contributed by atoms with Crippen LogP contribution in [0.4, 0.5) is 0 Å². The number of aldehydes is 1. The lowest BCUT2D eigenvalue weighted by molar-refractivity contribution is -0.127. The molecule has 0 N–H and O–H groups in total. The summed E-state index contributed by atoms with van der Waals surface area (Å²) in [4.78, 5) is 28.6. The van der Waals surface area contributed by atoms with Crippen LogP contribution < -0.4 is 0 Å². The molecular weight excluding hydrogens is 234 g/mol.